The van der Waals surface area contributed by atoms with Crippen molar-refractivity contribution in [2.45, 2.75) is 26.3 Å². The van der Waals surface area contributed by atoms with Crippen molar-refractivity contribution in [2.24, 2.45) is 0 Å². The number of hydrogen-bond acceptors (Lipinski definition) is 6. The molecule has 0 radical (unpaired) electrons. The number of allylic oxidation sites excluding steroid dienone is 3. The third-order valence-electron chi connectivity index (χ3n) is 4.23. The van der Waals surface area contributed by atoms with Gasteiger partial charge in [-0.2, -0.15) is 9.97 Å². The van der Waals surface area contributed by atoms with E-state index in [0.717, 1.165) is 35.9 Å². The summed E-state index contributed by atoms with van der Waals surface area (Å²) in [5, 5.41) is 3.47. The molecule has 2 aromatic rings. The van der Waals surface area contributed by atoms with E-state index in [-0.39, 0.29) is 6.04 Å². The second-order valence-electron chi connectivity index (χ2n) is 7.20. The minimum Gasteiger partial charge on any atom is -0.363 e. The number of anilines is 3. The summed E-state index contributed by atoms with van der Waals surface area (Å²) in [6.07, 6.45) is 10.8. The quantitative estimate of drug-likeness (QED) is 0.485. The molecule has 1 N–H and O–H groups in total. The first kappa shape index (κ1) is 22.1. The van der Waals surface area contributed by atoms with E-state index in [1.165, 1.54) is 0 Å². The predicted octanol–water partition coefficient (Wildman–Crippen LogP) is 4.11. The molecule has 2 aromatic heterocycles. The van der Waals surface area contributed by atoms with Gasteiger partial charge in [-0.1, -0.05) is 42.5 Å². The number of pyridine rings is 1. The van der Waals surface area contributed by atoms with Gasteiger partial charge in [-0.15, -0.1) is 0 Å². The second kappa shape index (κ2) is 11.0. The van der Waals surface area contributed by atoms with E-state index in [1.54, 1.807) is 0 Å². The Kier molecular flexibility index (Phi) is 8.40. The van der Waals surface area contributed by atoms with Crippen LogP contribution in [0.5, 0.6) is 0 Å². The predicted molar refractivity (Wildman–Crippen MR) is 124 cm³/mol. The van der Waals surface area contributed by atoms with Gasteiger partial charge in [0.15, 0.2) is 0 Å². The molecule has 0 aliphatic heterocycles. The van der Waals surface area contributed by atoms with Crippen LogP contribution in [0.15, 0.2) is 66.9 Å². The Morgan fingerprint density at radius 3 is 2.62 bits per heavy atom. The monoisotopic (exact) mass is 392 g/mol. The maximum Gasteiger partial charge on any atom is 0.229 e. The molecule has 0 amide bonds. The Morgan fingerprint density at radius 1 is 1.21 bits per heavy atom. The maximum absolute atomic E-state index is 4.74. The Hall–Kier alpha value is -3.15. The molecular weight excluding hydrogens is 360 g/mol. The summed E-state index contributed by atoms with van der Waals surface area (Å²) in [6, 6.07) is 7.95. The lowest BCUT2D eigenvalue weighted by atomic mass is 10.2. The molecular formula is C23H32N6. The number of likely N-dealkylation sites (N-methyl/N-ethyl adjacent to an activating group) is 1. The molecule has 0 spiro atoms. The summed E-state index contributed by atoms with van der Waals surface area (Å²) in [4.78, 5) is 17.9. The van der Waals surface area contributed by atoms with Crippen molar-refractivity contribution in [3.8, 4) is 0 Å². The summed E-state index contributed by atoms with van der Waals surface area (Å²) in [7, 11) is 5.97. The second-order valence-corrected chi connectivity index (χ2v) is 7.20. The van der Waals surface area contributed by atoms with Gasteiger partial charge in [0, 0.05) is 52.1 Å². The highest BCUT2D eigenvalue weighted by Crippen LogP contribution is 2.20. The molecule has 6 nitrogen and oxygen atoms in total. The van der Waals surface area contributed by atoms with Gasteiger partial charge in [-0.3, -0.25) is 4.98 Å². The van der Waals surface area contributed by atoms with Gasteiger partial charge < -0.3 is 15.1 Å². The van der Waals surface area contributed by atoms with Crippen LogP contribution in [0.25, 0.3) is 0 Å². The third kappa shape index (κ3) is 7.41. The molecule has 0 saturated heterocycles. The van der Waals surface area contributed by atoms with Crippen LogP contribution in [0.2, 0.25) is 0 Å². The van der Waals surface area contributed by atoms with Crippen LogP contribution in [0, 0.1) is 0 Å². The Morgan fingerprint density at radius 2 is 2.00 bits per heavy atom. The van der Waals surface area contributed by atoms with Crippen molar-refractivity contribution >= 4 is 17.6 Å². The van der Waals surface area contributed by atoms with Crippen molar-refractivity contribution in [3.05, 3.63) is 72.6 Å². The van der Waals surface area contributed by atoms with E-state index in [9.17, 15) is 0 Å². The molecule has 0 aromatic carbocycles. The summed E-state index contributed by atoms with van der Waals surface area (Å²) in [5.41, 5.74) is 2.06. The average molecular weight is 393 g/mol. The highest BCUT2D eigenvalue weighted by Gasteiger charge is 2.12. The van der Waals surface area contributed by atoms with Crippen LogP contribution in [-0.4, -0.2) is 48.7 Å². The minimum absolute atomic E-state index is 0.0216. The molecule has 0 aliphatic carbocycles. The number of nitrogens with one attached hydrogen (secondary N) is 1. The van der Waals surface area contributed by atoms with E-state index < -0.39 is 0 Å². The van der Waals surface area contributed by atoms with Crippen molar-refractivity contribution in [3.63, 3.8) is 0 Å². The Balaban J connectivity index is 2.21. The van der Waals surface area contributed by atoms with E-state index in [4.69, 9.17) is 9.97 Å². The summed E-state index contributed by atoms with van der Waals surface area (Å²) < 4.78 is 0. The molecule has 2 rings (SSSR count). The topological polar surface area (TPSA) is 57.2 Å². The third-order valence-corrected chi connectivity index (χ3v) is 4.23. The van der Waals surface area contributed by atoms with Gasteiger partial charge in [0.1, 0.15) is 11.6 Å². The lowest BCUT2D eigenvalue weighted by Crippen LogP contribution is -2.25. The zero-order chi connectivity index (χ0) is 21.2. The van der Waals surface area contributed by atoms with Crippen LogP contribution in [0.3, 0.4) is 0 Å². The normalized spacial score (nSPS) is 12.3. The van der Waals surface area contributed by atoms with Crippen molar-refractivity contribution in [2.75, 3.05) is 42.8 Å². The zero-order valence-corrected chi connectivity index (χ0v) is 18.1. The largest absolute Gasteiger partial charge is 0.363 e. The molecule has 6 heteroatoms. The molecule has 1 unspecified atom stereocenters. The Bertz CT molecular complexity index is 842. The first-order chi connectivity index (χ1) is 13.9. The maximum atomic E-state index is 4.74. The van der Waals surface area contributed by atoms with Gasteiger partial charge in [-0.25, -0.2) is 0 Å². The van der Waals surface area contributed by atoms with Crippen LogP contribution in [-0.2, 0) is 6.42 Å². The van der Waals surface area contributed by atoms with Crippen LogP contribution in [0.1, 0.15) is 19.5 Å². The number of aromatic nitrogens is 3. The van der Waals surface area contributed by atoms with E-state index >= 15 is 0 Å². The molecule has 0 aliphatic rings. The smallest absolute Gasteiger partial charge is 0.229 e. The lowest BCUT2D eigenvalue weighted by molar-refractivity contribution is 0.818. The Labute approximate surface area is 174 Å². The highest BCUT2D eigenvalue weighted by atomic mass is 15.3. The molecule has 0 saturated carbocycles. The van der Waals surface area contributed by atoms with E-state index in [0.29, 0.717) is 5.95 Å². The number of rotatable bonds is 10. The molecule has 154 valence electrons. The van der Waals surface area contributed by atoms with Gasteiger partial charge >= 0.3 is 0 Å². The van der Waals surface area contributed by atoms with Crippen molar-refractivity contribution < 1.29 is 0 Å². The highest BCUT2D eigenvalue weighted by molar-refractivity contribution is 5.54. The molecule has 0 fully saturated rings. The molecule has 0 bridgehead atoms. The fraction of sp³-hybridized carbons (Fsp3) is 0.348. The molecule has 2 heterocycles. The summed E-state index contributed by atoms with van der Waals surface area (Å²) >= 11 is 0. The lowest BCUT2D eigenvalue weighted by Gasteiger charge is -2.22. The summed E-state index contributed by atoms with van der Waals surface area (Å²) in [5.74, 6) is 2.31. The van der Waals surface area contributed by atoms with Gasteiger partial charge in [-0.05, 0) is 26.0 Å². The fourth-order valence-corrected chi connectivity index (χ4v) is 2.63. The van der Waals surface area contributed by atoms with Gasteiger partial charge in [0.05, 0.1) is 6.04 Å². The fourth-order valence-electron chi connectivity index (χ4n) is 2.63. The van der Waals surface area contributed by atoms with Crippen molar-refractivity contribution in [1.29, 1.82) is 0 Å². The van der Waals surface area contributed by atoms with E-state index in [1.807, 2.05) is 82.5 Å². The SMILES string of the molecule is C=C(C)/C=C\C(C=CC)Nc1cc(N(C)C)nc(N(C)CCc2ccccn2)n1. The van der Waals surface area contributed by atoms with Crippen molar-refractivity contribution in [1.82, 2.24) is 15.0 Å². The van der Waals surface area contributed by atoms with Crippen LogP contribution in [0.4, 0.5) is 17.6 Å². The molecule has 1 atom stereocenters. The van der Waals surface area contributed by atoms with Gasteiger partial charge in [0.2, 0.25) is 5.95 Å². The zero-order valence-electron chi connectivity index (χ0n) is 18.1. The summed E-state index contributed by atoms with van der Waals surface area (Å²) in [6.45, 7) is 8.69. The van der Waals surface area contributed by atoms with E-state index in [2.05, 4.69) is 33.9 Å². The van der Waals surface area contributed by atoms with Crippen LogP contribution < -0.4 is 15.1 Å². The number of hydrogen-bond donors (Lipinski definition) is 1. The first-order valence-electron chi connectivity index (χ1n) is 9.79. The standard InChI is InChI=1S/C23H32N6/c1-7-10-20(13-12-18(2)3)25-21-17-22(28(4)5)27-23(26-21)29(6)16-14-19-11-8-9-15-24-19/h7-13,15,17,20H,2,14,16H2,1,3-6H3,(H,25,26,27)/b10-7?,13-12-. The average Bonchev–Trinajstić information content (AvgIpc) is 2.70. The molecule has 29 heavy (non-hydrogen) atoms. The number of nitrogens with zero attached hydrogens (tertiary/aromatic N) is 5. The van der Waals surface area contributed by atoms with Gasteiger partial charge in [0.25, 0.3) is 0 Å². The minimum atomic E-state index is 0.0216. The van der Waals surface area contributed by atoms with Crippen LogP contribution >= 0.6 is 0 Å². The first-order valence-corrected chi connectivity index (χ1v) is 9.79.